The zero-order chi connectivity index (χ0) is 11.5. The molecule has 1 N–H and O–H groups in total. The highest BCUT2D eigenvalue weighted by Crippen LogP contribution is 2.23. The minimum atomic E-state index is 0.0434. The number of nitrogens with zero attached hydrogens (tertiary/aromatic N) is 3. The third kappa shape index (κ3) is 2.81. The smallest absolute Gasteiger partial charge is 0.245 e. The van der Waals surface area contributed by atoms with E-state index in [0.717, 1.165) is 10.2 Å². The molecule has 0 aliphatic heterocycles. The summed E-state index contributed by atoms with van der Waals surface area (Å²) in [5, 5.41) is 10.4. The number of hydrogen-bond acceptors (Lipinski definition) is 4. The molecular weight excluding hydrogens is 315 g/mol. The van der Waals surface area contributed by atoms with Gasteiger partial charge in [-0.1, -0.05) is 33.6 Å². The molecule has 16 heavy (non-hydrogen) atoms. The summed E-state index contributed by atoms with van der Waals surface area (Å²) in [5.74, 6) is 0.375. The summed E-state index contributed by atoms with van der Waals surface area (Å²) in [5.41, 5.74) is 0.827. The zero-order valence-corrected chi connectivity index (χ0v) is 10.9. The van der Waals surface area contributed by atoms with Gasteiger partial charge in [-0.2, -0.15) is 4.98 Å². The molecule has 2 aromatic rings. The van der Waals surface area contributed by atoms with Crippen LogP contribution in [0.3, 0.4) is 0 Å². The minimum absolute atomic E-state index is 0.0434. The van der Waals surface area contributed by atoms with Crippen molar-refractivity contribution < 1.29 is 0 Å². The maximum Gasteiger partial charge on any atom is 0.245 e. The number of rotatable bonds is 2. The Morgan fingerprint density at radius 3 is 2.75 bits per heavy atom. The zero-order valence-electron chi connectivity index (χ0n) is 7.78. The lowest BCUT2D eigenvalue weighted by Gasteiger charge is -2.06. The van der Waals surface area contributed by atoms with Crippen molar-refractivity contribution in [1.29, 1.82) is 0 Å². The predicted octanol–water partition coefficient (Wildman–Crippen LogP) is 3.68. The minimum Gasteiger partial charge on any atom is -0.337 e. The van der Waals surface area contributed by atoms with Gasteiger partial charge in [0, 0.05) is 10.2 Å². The first-order valence-corrected chi connectivity index (χ1v) is 5.78. The van der Waals surface area contributed by atoms with Crippen LogP contribution in [0.25, 0.3) is 0 Å². The van der Waals surface area contributed by atoms with Crippen molar-refractivity contribution in [1.82, 2.24) is 15.2 Å². The molecular formula is C9H5BrCl2N4. The second kappa shape index (κ2) is 4.95. The predicted molar refractivity (Wildman–Crippen MR) is 67.3 cm³/mol. The van der Waals surface area contributed by atoms with Crippen molar-refractivity contribution in [3.8, 4) is 0 Å². The van der Waals surface area contributed by atoms with Crippen LogP contribution in [-0.2, 0) is 0 Å². The number of halogens is 3. The Hall–Kier alpha value is -0.910. The lowest BCUT2D eigenvalue weighted by atomic mass is 10.3. The van der Waals surface area contributed by atoms with Crippen LogP contribution in [0.15, 0.2) is 28.7 Å². The SMILES string of the molecule is Clc1nnc(Cl)c(Nc2cccc(Br)c2)n1. The lowest BCUT2D eigenvalue weighted by molar-refractivity contribution is 0.975. The molecule has 0 spiro atoms. The quantitative estimate of drug-likeness (QED) is 0.917. The Morgan fingerprint density at radius 1 is 1.19 bits per heavy atom. The van der Waals surface area contributed by atoms with Gasteiger partial charge in [0.05, 0.1) is 0 Å². The summed E-state index contributed by atoms with van der Waals surface area (Å²) in [4.78, 5) is 3.93. The van der Waals surface area contributed by atoms with Gasteiger partial charge in [-0.25, -0.2) is 0 Å². The number of anilines is 2. The fourth-order valence-corrected chi connectivity index (χ4v) is 1.72. The fourth-order valence-electron chi connectivity index (χ4n) is 1.08. The van der Waals surface area contributed by atoms with E-state index in [2.05, 4.69) is 36.4 Å². The number of hydrogen-bond donors (Lipinski definition) is 1. The van der Waals surface area contributed by atoms with Gasteiger partial charge in [-0.05, 0) is 29.8 Å². The monoisotopic (exact) mass is 318 g/mol. The van der Waals surface area contributed by atoms with Crippen LogP contribution in [-0.4, -0.2) is 15.2 Å². The van der Waals surface area contributed by atoms with Gasteiger partial charge in [-0.15, -0.1) is 10.2 Å². The molecule has 0 fully saturated rings. The van der Waals surface area contributed by atoms with Gasteiger partial charge < -0.3 is 5.32 Å². The molecule has 0 aliphatic carbocycles. The molecule has 0 bridgehead atoms. The maximum absolute atomic E-state index is 5.82. The van der Waals surface area contributed by atoms with Crippen molar-refractivity contribution in [2.75, 3.05) is 5.32 Å². The highest BCUT2D eigenvalue weighted by molar-refractivity contribution is 9.10. The summed E-state index contributed by atoms with van der Waals surface area (Å²) in [6.45, 7) is 0. The summed E-state index contributed by atoms with van der Waals surface area (Å²) >= 11 is 14.8. The Bertz CT molecular complexity index is 521. The Kier molecular flexibility index (Phi) is 3.58. The Morgan fingerprint density at radius 2 is 2.00 bits per heavy atom. The summed E-state index contributed by atoms with van der Waals surface area (Å²) in [6, 6.07) is 7.55. The first-order chi connectivity index (χ1) is 7.65. The van der Waals surface area contributed by atoms with Crippen LogP contribution in [0.5, 0.6) is 0 Å². The van der Waals surface area contributed by atoms with E-state index in [4.69, 9.17) is 23.2 Å². The number of aromatic nitrogens is 3. The largest absolute Gasteiger partial charge is 0.337 e. The molecule has 2 rings (SSSR count). The number of benzene rings is 1. The van der Waals surface area contributed by atoms with Gasteiger partial charge >= 0.3 is 0 Å². The molecule has 7 heteroatoms. The van der Waals surface area contributed by atoms with Crippen LogP contribution >= 0.6 is 39.1 Å². The third-order valence-corrected chi connectivity index (χ3v) is 2.62. The topological polar surface area (TPSA) is 50.7 Å². The van der Waals surface area contributed by atoms with Gasteiger partial charge in [0.2, 0.25) is 5.28 Å². The second-order valence-corrected chi connectivity index (χ2v) is 4.47. The summed E-state index contributed by atoms with van der Waals surface area (Å²) < 4.78 is 0.946. The van der Waals surface area contributed by atoms with Gasteiger partial charge in [0.1, 0.15) is 0 Å². The van der Waals surface area contributed by atoms with Crippen molar-refractivity contribution >= 4 is 50.6 Å². The molecule has 82 valence electrons. The first-order valence-electron chi connectivity index (χ1n) is 4.23. The third-order valence-electron chi connectivity index (χ3n) is 1.71. The summed E-state index contributed by atoms with van der Waals surface area (Å²) in [7, 11) is 0. The molecule has 1 aromatic carbocycles. The molecule has 0 atom stereocenters. The maximum atomic E-state index is 5.82. The van der Waals surface area contributed by atoms with E-state index in [9.17, 15) is 0 Å². The molecule has 0 saturated carbocycles. The van der Waals surface area contributed by atoms with E-state index < -0.39 is 0 Å². The van der Waals surface area contributed by atoms with Gasteiger partial charge in [-0.3, -0.25) is 0 Å². The van der Waals surface area contributed by atoms with E-state index in [1.165, 1.54) is 0 Å². The van der Waals surface area contributed by atoms with Crippen LogP contribution < -0.4 is 5.32 Å². The highest BCUT2D eigenvalue weighted by atomic mass is 79.9. The molecule has 0 saturated heterocycles. The Balaban J connectivity index is 2.30. The molecule has 4 nitrogen and oxygen atoms in total. The average Bonchev–Trinajstić information content (AvgIpc) is 2.24. The van der Waals surface area contributed by atoms with Crippen molar-refractivity contribution in [2.45, 2.75) is 0 Å². The normalized spacial score (nSPS) is 10.2. The van der Waals surface area contributed by atoms with Crippen molar-refractivity contribution in [2.24, 2.45) is 0 Å². The van der Waals surface area contributed by atoms with Crippen LogP contribution in [0.1, 0.15) is 0 Å². The molecule has 0 radical (unpaired) electrons. The van der Waals surface area contributed by atoms with Gasteiger partial charge in [0.25, 0.3) is 0 Å². The fraction of sp³-hybridized carbons (Fsp3) is 0. The second-order valence-electron chi connectivity index (χ2n) is 2.86. The van der Waals surface area contributed by atoms with E-state index >= 15 is 0 Å². The standard InChI is InChI=1S/C9H5BrCl2N4/c10-5-2-1-3-6(4-5)13-8-7(11)15-16-9(12)14-8/h1-4H,(H,13,14,16). The van der Waals surface area contributed by atoms with Crippen LogP contribution in [0, 0.1) is 0 Å². The molecule has 1 heterocycles. The molecule has 0 unspecified atom stereocenters. The van der Waals surface area contributed by atoms with Gasteiger partial charge in [0.15, 0.2) is 11.0 Å². The average molecular weight is 320 g/mol. The number of nitrogens with one attached hydrogen (secondary N) is 1. The summed E-state index contributed by atoms with van der Waals surface area (Å²) in [6.07, 6.45) is 0. The van der Waals surface area contributed by atoms with E-state index in [-0.39, 0.29) is 10.4 Å². The van der Waals surface area contributed by atoms with Crippen LogP contribution in [0.4, 0.5) is 11.5 Å². The van der Waals surface area contributed by atoms with Crippen molar-refractivity contribution in [3.63, 3.8) is 0 Å². The molecule has 0 aliphatic rings. The van der Waals surface area contributed by atoms with Crippen molar-refractivity contribution in [3.05, 3.63) is 39.2 Å². The van der Waals surface area contributed by atoms with Crippen LogP contribution in [0.2, 0.25) is 10.4 Å². The Labute approximate surface area is 110 Å². The van der Waals surface area contributed by atoms with E-state index in [0.29, 0.717) is 5.82 Å². The molecule has 1 aromatic heterocycles. The lowest BCUT2D eigenvalue weighted by Crippen LogP contribution is -1.98. The van der Waals surface area contributed by atoms with E-state index in [1.807, 2.05) is 24.3 Å². The first kappa shape index (κ1) is 11.6. The van der Waals surface area contributed by atoms with E-state index in [1.54, 1.807) is 0 Å². The highest BCUT2D eigenvalue weighted by Gasteiger charge is 2.06. The molecule has 0 amide bonds.